The van der Waals surface area contributed by atoms with Crippen molar-refractivity contribution in [2.75, 3.05) is 6.54 Å². The number of hydrogen-bond donors (Lipinski definition) is 1. The normalized spacial score (nSPS) is 15.4. The van der Waals surface area contributed by atoms with Crippen molar-refractivity contribution in [2.45, 2.75) is 19.4 Å². The second-order valence-corrected chi connectivity index (χ2v) is 4.17. The highest BCUT2D eigenvalue weighted by molar-refractivity contribution is 5.22. The summed E-state index contributed by atoms with van der Waals surface area (Å²) in [5, 5.41) is 3.26. The Morgan fingerprint density at radius 2 is 1.71 bits per heavy atom. The highest BCUT2D eigenvalue weighted by Crippen LogP contribution is 2.18. The molecule has 0 bridgehead atoms. The van der Waals surface area contributed by atoms with Gasteiger partial charge in [0.2, 0.25) is 0 Å². The molecule has 0 amide bonds. The molecule has 1 aliphatic rings. The highest BCUT2D eigenvalue weighted by Gasteiger charge is 2.05. The second-order valence-electron chi connectivity index (χ2n) is 4.17. The maximum atomic E-state index is 12.7. The van der Waals surface area contributed by atoms with Gasteiger partial charge in [0, 0.05) is 19.5 Å². The number of nitrogens with one attached hydrogen (secondary N) is 1. The van der Waals surface area contributed by atoms with Gasteiger partial charge >= 0.3 is 0 Å². The third-order valence-electron chi connectivity index (χ3n) is 2.78. The first kappa shape index (κ1) is 12.0. The van der Waals surface area contributed by atoms with Crippen molar-refractivity contribution in [1.29, 1.82) is 0 Å². The summed E-state index contributed by atoms with van der Waals surface area (Å²) >= 11 is 0. The Morgan fingerprint density at radius 3 is 2.35 bits per heavy atom. The van der Waals surface area contributed by atoms with Crippen molar-refractivity contribution in [3.8, 4) is 0 Å². The summed E-state index contributed by atoms with van der Waals surface area (Å²) in [6.07, 6.45) is 4.64. The van der Waals surface area contributed by atoms with Gasteiger partial charge in [0.05, 0.1) is 0 Å². The molecule has 0 heterocycles. The molecular weight excluding hydrogens is 220 g/mol. The van der Waals surface area contributed by atoms with Crippen LogP contribution >= 0.6 is 0 Å². The molecule has 0 aromatic heterocycles. The molecule has 2 rings (SSSR count). The van der Waals surface area contributed by atoms with Gasteiger partial charge in [-0.3, -0.25) is 0 Å². The topological polar surface area (TPSA) is 12.0 Å². The Hall–Kier alpha value is -1.48. The molecule has 0 atom stereocenters. The van der Waals surface area contributed by atoms with Gasteiger partial charge in [-0.1, -0.05) is 23.8 Å². The number of halogens is 2. The molecule has 17 heavy (non-hydrogen) atoms. The van der Waals surface area contributed by atoms with Crippen LogP contribution in [0.5, 0.6) is 0 Å². The van der Waals surface area contributed by atoms with E-state index in [1.807, 2.05) is 6.08 Å². The Balaban J connectivity index is 1.78. The molecule has 0 radical (unpaired) electrons. The fourth-order valence-corrected chi connectivity index (χ4v) is 1.77. The van der Waals surface area contributed by atoms with Crippen LogP contribution in [0.15, 0.2) is 47.8 Å². The van der Waals surface area contributed by atoms with Gasteiger partial charge in [-0.05, 0) is 30.2 Å². The van der Waals surface area contributed by atoms with Crippen molar-refractivity contribution in [3.63, 3.8) is 0 Å². The molecule has 0 unspecified atom stereocenters. The quantitative estimate of drug-likeness (QED) is 0.842. The number of benzene rings is 1. The zero-order valence-electron chi connectivity index (χ0n) is 9.55. The molecule has 90 valence electrons. The average molecular weight is 235 g/mol. The lowest BCUT2D eigenvalue weighted by molar-refractivity contribution is 0.575. The van der Waals surface area contributed by atoms with Crippen LogP contribution in [0, 0.1) is 5.82 Å². The van der Waals surface area contributed by atoms with Crippen molar-refractivity contribution in [1.82, 2.24) is 5.32 Å². The molecule has 1 nitrogen and oxygen atoms in total. The van der Waals surface area contributed by atoms with E-state index in [9.17, 15) is 8.78 Å². The zero-order valence-corrected chi connectivity index (χ0v) is 9.55. The van der Waals surface area contributed by atoms with Crippen LogP contribution in [0.25, 0.3) is 0 Å². The molecule has 1 aliphatic carbocycles. The fraction of sp³-hybridized carbons (Fsp3) is 0.286. The standard InChI is InChI=1S/C14H15F2N/c15-13-5-1-11(2-6-13)9-17-10-12-3-7-14(16)8-4-12/h1-3,5-7,17H,4,8-10H2. The number of rotatable bonds is 4. The first-order chi connectivity index (χ1) is 8.24. The number of allylic oxidation sites excluding steroid dienone is 3. The van der Waals surface area contributed by atoms with Gasteiger partial charge in [0.1, 0.15) is 11.6 Å². The summed E-state index contributed by atoms with van der Waals surface area (Å²) in [7, 11) is 0. The van der Waals surface area contributed by atoms with Crippen LogP contribution in [0.4, 0.5) is 8.78 Å². The van der Waals surface area contributed by atoms with E-state index in [2.05, 4.69) is 5.32 Å². The molecule has 1 aromatic rings. The summed E-state index contributed by atoms with van der Waals surface area (Å²) in [6, 6.07) is 6.43. The monoisotopic (exact) mass is 235 g/mol. The van der Waals surface area contributed by atoms with Crippen molar-refractivity contribution >= 4 is 0 Å². The lowest BCUT2D eigenvalue weighted by atomic mass is 10.0. The average Bonchev–Trinajstić information content (AvgIpc) is 2.34. The molecule has 1 aromatic carbocycles. The van der Waals surface area contributed by atoms with E-state index in [0.29, 0.717) is 13.0 Å². The Kier molecular flexibility index (Phi) is 4.04. The summed E-state index contributed by atoms with van der Waals surface area (Å²) in [5.74, 6) is -0.267. The third-order valence-corrected chi connectivity index (χ3v) is 2.78. The molecule has 0 fully saturated rings. The van der Waals surface area contributed by atoms with E-state index >= 15 is 0 Å². The van der Waals surface area contributed by atoms with Crippen molar-refractivity contribution in [2.24, 2.45) is 0 Å². The zero-order chi connectivity index (χ0) is 12.1. The van der Waals surface area contributed by atoms with Gasteiger partial charge in [0.25, 0.3) is 0 Å². The van der Waals surface area contributed by atoms with E-state index in [1.54, 1.807) is 12.1 Å². The lowest BCUT2D eigenvalue weighted by Gasteiger charge is -2.11. The van der Waals surface area contributed by atoms with E-state index in [0.717, 1.165) is 18.5 Å². The Labute approximate surface area is 99.8 Å². The maximum Gasteiger partial charge on any atom is 0.123 e. The molecule has 0 saturated carbocycles. The molecule has 0 aliphatic heterocycles. The summed E-state index contributed by atoms with van der Waals surface area (Å²) in [4.78, 5) is 0. The van der Waals surface area contributed by atoms with Gasteiger partial charge in [-0.25, -0.2) is 8.78 Å². The van der Waals surface area contributed by atoms with Gasteiger partial charge in [0.15, 0.2) is 0 Å². The summed E-state index contributed by atoms with van der Waals surface area (Å²) < 4.78 is 25.4. The van der Waals surface area contributed by atoms with Crippen molar-refractivity contribution in [3.05, 3.63) is 59.2 Å². The Bertz CT molecular complexity index is 432. The van der Waals surface area contributed by atoms with Crippen LogP contribution in [0.3, 0.4) is 0 Å². The molecule has 3 heteroatoms. The van der Waals surface area contributed by atoms with Crippen LogP contribution in [0.1, 0.15) is 18.4 Å². The molecular formula is C14H15F2N. The predicted octanol–water partition coefficient (Wildman–Crippen LogP) is 3.49. The SMILES string of the molecule is FC1=CC=C(CNCc2ccc(F)cc2)CC1. The van der Waals surface area contributed by atoms with E-state index < -0.39 is 0 Å². The minimum absolute atomic E-state index is 0.0488. The van der Waals surface area contributed by atoms with Crippen LogP contribution < -0.4 is 5.32 Å². The van der Waals surface area contributed by atoms with Crippen molar-refractivity contribution < 1.29 is 8.78 Å². The van der Waals surface area contributed by atoms with Crippen LogP contribution in [-0.2, 0) is 6.54 Å². The third kappa shape index (κ3) is 3.79. The van der Waals surface area contributed by atoms with Crippen LogP contribution in [-0.4, -0.2) is 6.54 Å². The van der Waals surface area contributed by atoms with Crippen LogP contribution in [0.2, 0.25) is 0 Å². The predicted molar refractivity (Wildman–Crippen MR) is 64.6 cm³/mol. The largest absolute Gasteiger partial charge is 0.309 e. The smallest absolute Gasteiger partial charge is 0.123 e. The first-order valence-corrected chi connectivity index (χ1v) is 5.73. The molecule has 1 N–H and O–H groups in total. The molecule has 0 spiro atoms. The Morgan fingerprint density at radius 1 is 0.941 bits per heavy atom. The minimum Gasteiger partial charge on any atom is -0.309 e. The van der Waals surface area contributed by atoms with Gasteiger partial charge in [-0.15, -0.1) is 0 Å². The van der Waals surface area contributed by atoms with E-state index in [-0.39, 0.29) is 11.6 Å². The van der Waals surface area contributed by atoms with Gasteiger partial charge < -0.3 is 5.32 Å². The maximum absolute atomic E-state index is 12.7. The lowest BCUT2D eigenvalue weighted by Crippen LogP contribution is -2.17. The summed E-state index contributed by atoms with van der Waals surface area (Å²) in [6.45, 7) is 1.45. The van der Waals surface area contributed by atoms with E-state index in [4.69, 9.17) is 0 Å². The first-order valence-electron chi connectivity index (χ1n) is 5.73. The summed E-state index contributed by atoms with van der Waals surface area (Å²) in [5.41, 5.74) is 2.25. The second kappa shape index (κ2) is 5.73. The number of hydrogen-bond acceptors (Lipinski definition) is 1. The highest BCUT2D eigenvalue weighted by atomic mass is 19.1. The fourth-order valence-electron chi connectivity index (χ4n) is 1.77. The minimum atomic E-state index is -0.218. The molecule has 0 saturated heterocycles. The van der Waals surface area contributed by atoms with Gasteiger partial charge in [-0.2, -0.15) is 0 Å². The van der Waals surface area contributed by atoms with E-state index in [1.165, 1.54) is 23.8 Å².